The fraction of sp³-hybridized carbons (Fsp3) is 0.222. The molecule has 0 radical (unpaired) electrons. The molecule has 0 saturated carbocycles. The lowest BCUT2D eigenvalue weighted by Gasteiger charge is -2.07. The maximum Gasteiger partial charge on any atom is 0.339 e. The average molecular weight is 252 g/mol. The minimum Gasteiger partial charge on any atom is -0.462 e. The van der Waals surface area contributed by atoms with Gasteiger partial charge in [0.25, 0.3) is 0 Å². The van der Waals surface area contributed by atoms with Crippen molar-refractivity contribution in [2.45, 2.75) is 6.92 Å². The molecule has 3 nitrogen and oxygen atoms in total. The van der Waals surface area contributed by atoms with Crippen molar-refractivity contribution in [3.8, 4) is 0 Å². The van der Waals surface area contributed by atoms with Crippen molar-refractivity contribution in [2.24, 2.45) is 0 Å². The van der Waals surface area contributed by atoms with Crippen molar-refractivity contribution in [3.63, 3.8) is 0 Å². The lowest BCUT2D eigenvalue weighted by atomic mass is 10.2. The van der Waals surface area contributed by atoms with Crippen LogP contribution in [0.3, 0.4) is 0 Å². The number of carbonyl (C=O) groups is 1. The van der Waals surface area contributed by atoms with Gasteiger partial charge < -0.3 is 4.74 Å². The predicted molar refractivity (Wildman–Crippen MR) is 56.8 cm³/mol. The molecule has 0 unspecified atom stereocenters. The first kappa shape index (κ1) is 12.1. The van der Waals surface area contributed by atoms with E-state index >= 15 is 0 Å². The van der Waals surface area contributed by atoms with Crippen LogP contribution in [0.5, 0.6) is 0 Å². The normalized spacial score (nSPS) is 9.87. The van der Waals surface area contributed by atoms with Gasteiger partial charge in [0.05, 0.1) is 22.9 Å². The maximum atomic E-state index is 13.1. The highest BCUT2D eigenvalue weighted by molar-refractivity contribution is 6.34. The molecule has 0 bridgehead atoms. The lowest BCUT2D eigenvalue weighted by molar-refractivity contribution is 0.0526. The second kappa shape index (κ2) is 5.19. The summed E-state index contributed by atoms with van der Waals surface area (Å²) in [4.78, 5) is 13.4. The molecule has 0 heterocycles. The Kier molecular flexibility index (Phi) is 4.17. The van der Waals surface area contributed by atoms with Gasteiger partial charge in [0, 0.05) is 11.8 Å². The van der Waals surface area contributed by atoms with Crippen LogP contribution in [0.25, 0.3) is 0 Å². The van der Waals surface area contributed by atoms with Gasteiger partial charge in [-0.25, -0.2) is 9.18 Å². The summed E-state index contributed by atoms with van der Waals surface area (Å²) in [5.74, 6) is -1.25. The smallest absolute Gasteiger partial charge is 0.339 e. The Morgan fingerprint density at radius 1 is 1.60 bits per heavy atom. The van der Waals surface area contributed by atoms with Gasteiger partial charge in [-0.1, -0.05) is 11.6 Å². The van der Waals surface area contributed by atoms with Crippen LogP contribution in [0.2, 0.25) is 5.02 Å². The number of hydrogen-bond acceptors (Lipinski definition) is 3. The van der Waals surface area contributed by atoms with Gasteiger partial charge in [-0.05, 0) is 19.1 Å². The third-order valence-electron chi connectivity index (χ3n) is 1.65. The Balaban J connectivity index is 3.12. The minimum absolute atomic E-state index is 0.0124. The second-order valence-electron chi connectivity index (χ2n) is 2.63. The first-order valence-corrected chi connectivity index (χ1v) is 4.88. The Morgan fingerprint density at radius 3 is 2.80 bits per heavy atom. The number of hydrogen-bond donors (Lipinski definition) is 1. The fourth-order valence-corrected chi connectivity index (χ4v) is 1.36. The van der Waals surface area contributed by atoms with E-state index < -0.39 is 11.8 Å². The van der Waals surface area contributed by atoms with Crippen LogP contribution in [-0.2, 0) is 4.74 Å². The van der Waals surface area contributed by atoms with Gasteiger partial charge in [0.15, 0.2) is 0 Å². The van der Waals surface area contributed by atoms with E-state index in [1.54, 1.807) is 6.92 Å². The first-order valence-electron chi connectivity index (χ1n) is 4.13. The van der Waals surface area contributed by atoms with E-state index in [1.807, 2.05) is 0 Å². The molecule has 0 amide bonds. The number of esters is 1. The standard InChI is InChI=1S/C9H8Cl2FNO2/c1-2-15-9(14)5-3-8(13-11)7(12)4-6(5)10/h3-4,13H,2H2,1H3. The van der Waals surface area contributed by atoms with Crippen LogP contribution in [0.4, 0.5) is 10.1 Å². The topological polar surface area (TPSA) is 38.3 Å². The van der Waals surface area contributed by atoms with Crippen molar-refractivity contribution < 1.29 is 13.9 Å². The zero-order chi connectivity index (χ0) is 11.4. The lowest BCUT2D eigenvalue weighted by Crippen LogP contribution is -2.06. The van der Waals surface area contributed by atoms with Crippen molar-refractivity contribution >= 4 is 35.0 Å². The van der Waals surface area contributed by atoms with Gasteiger partial charge in [-0.15, -0.1) is 0 Å². The van der Waals surface area contributed by atoms with E-state index in [9.17, 15) is 9.18 Å². The highest BCUT2D eigenvalue weighted by atomic mass is 35.5. The zero-order valence-electron chi connectivity index (χ0n) is 7.81. The average Bonchev–Trinajstić information content (AvgIpc) is 2.18. The van der Waals surface area contributed by atoms with Crippen molar-refractivity contribution in [2.75, 3.05) is 11.4 Å². The summed E-state index contributed by atoms with van der Waals surface area (Å²) >= 11 is 10.9. The van der Waals surface area contributed by atoms with Gasteiger partial charge in [-0.3, -0.25) is 4.84 Å². The molecule has 0 saturated heterocycles. The van der Waals surface area contributed by atoms with Crippen molar-refractivity contribution in [1.82, 2.24) is 0 Å². The number of rotatable bonds is 3. The Labute approximate surface area is 96.2 Å². The van der Waals surface area contributed by atoms with E-state index in [4.69, 9.17) is 28.1 Å². The molecule has 0 spiro atoms. The summed E-state index contributed by atoms with van der Waals surface area (Å²) in [6.07, 6.45) is 0. The molecular weight excluding hydrogens is 244 g/mol. The third kappa shape index (κ3) is 2.73. The van der Waals surface area contributed by atoms with Gasteiger partial charge in [0.1, 0.15) is 5.82 Å². The molecule has 0 aliphatic carbocycles. The Morgan fingerprint density at radius 2 is 2.27 bits per heavy atom. The van der Waals surface area contributed by atoms with Crippen LogP contribution in [0.1, 0.15) is 17.3 Å². The highest BCUT2D eigenvalue weighted by Gasteiger charge is 2.15. The van der Waals surface area contributed by atoms with Crippen LogP contribution < -0.4 is 4.84 Å². The SMILES string of the molecule is CCOC(=O)c1cc(NCl)c(F)cc1Cl. The molecule has 0 atom stereocenters. The first-order chi connectivity index (χ1) is 7.10. The molecule has 0 aliphatic rings. The van der Waals surface area contributed by atoms with Gasteiger partial charge in [-0.2, -0.15) is 0 Å². The molecular formula is C9H8Cl2FNO2. The molecule has 6 heteroatoms. The largest absolute Gasteiger partial charge is 0.462 e. The van der Waals surface area contributed by atoms with Crippen LogP contribution in [0, 0.1) is 5.82 Å². The zero-order valence-corrected chi connectivity index (χ0v) is 9.32. The van der Waals surface area contributed by atoms with Gasteiger partial charge in [0.2, 0.25) is 0 Å². The Hall–Kier alpha value is -1.00. The van der Waals surface area contributed by atoms with Crippen molar-refractivity contribution in [1.29, 1.82) is 0 Å². The quantitative estimate of drug-likeness (QED) is 0.663. The summed E-state index contributed by atoms with van der Waals surface area (Å²) in [6.45, 7) is 1.88. The molecule has 1 aromatic rings. The van der Waals surface area contributed by atoms with Crippen LogP contribution >= 0.6 is 23.4 Å². The van der Waals surface area contributed by atoms with E-state index in [-0.39, 0.29) is 22.9 Å². The molecule has 0 aliphatic heterocycles. The minimum atomic E-state index is -0.636. The number of halogens is 3. The number of ether oxygens (including phenoxy) is 1. The van der Waals surface area contributed by atoms with Crippen LogP contribution in [0.15, 0.2) is 12.1 Å². The number of anilines is 1. The number of nitrogens with one attached hydrogen (secondary N) is 1. The predicted octanol–water partition coefficient (Wildman–Crippen LogP) is 3.22. The maximum absolute atomic E-state index is 13.1. The van der Waals surface area contributed by atoms with Crippen LogP contribution in [-0.4, -0.2) is 12.6 Å². The monoisotopic (exact) mass is 251 g/mol. The number of carbonyl (C=O) groups excluding carboxylic acids is 1. The highest BCUT2D eigenvalue weighted by Crippen LogP contribution is 2.25. The second-order valence-corrected chi connectivity index (χ2v) is 3.22. The molecule has 0 fully saturated rings. The molecule has 1 aromatic carbocycles. The molecule has 1 N–H and O–H groups in total. The Bertz CT molecular complexity index is 385. The van der Waals surface area contributed by atoms with E-state index in [2.05, 4.69) is 4.84 Å². The summed E-state index contributed by atoms with van der Waals surface area (Å²) < 4.78 is 17.8. The summed E-state index contributed by atoms with van der Waals surface area (Å²) in [5, 5.41) is -0.0124. The molecule has 1 rings (SSSR count). The van der Waals surface area contributed by atoms with Crippen molar-refractivity contribution in [3.05, 3.63) is 28.5 Å². The number of benzene rings is 1. The van der Waals surface area contributed by atoms with Gasteiger partial charge >= 0.3 is 5.97 Å². The molecule has 0 aromatic heterocycles. The fourth-order valence-electron chi connectivity index (χ4n) is 0.987. The summed E-state index contributed by atoms with van der Waals surface area (Å²) in [7, 11) is 0. The molecule has 15 heavy (non-hydrogen) atoms. The van der Waals surface area contributed by atoms with E-state index in [0.717, 1.165) is 6.07 Å². The summed E-state index contributed by atoms with van der Waals surface area (Å²) in [6, 6.07) is 2.20. The van der Waals surface area contributed by atoms with E-state index in [0.29, 0.717) is 0 Å². The third-order valence-corrected chi connectivity index (χ3v) is 2.17. The molecule has 82 valence electrons. The summed E-state index contributed by atoms with van der Waals surface area (Å²) in [5.41, 5.74) is 0.0483. The van der Waals surface area contributed by atoms with E-state index in [1.165, 1.54) is 6.07 Å².